The van der Waals surface area contributed by atoms with Crippen LogP contribution >= 0.6 is 11.8 Å². The van der Waals surface area contributed by atoms with Crippen LogP contribution in [0.2, 0.25) is 0 Å². The first kappa shape index (κ1) is 27.3. The molecule has 0 bridgehead atoms. The van der Waals surface area contributed by atoms with Crippen molar-refractivity contribution >= 4 is 27.7 Å². The zero-order valence-electron chi connectivity index (χ0n) is 22.7. The predicted molar refractivity (Wildman–Crippen MR) is 155 cm³/mol. The second kappa shape index (κ2) is 11.2. The minimum Gasteiger partial charge on any atom is -0.454 e. The van der Waals surface area contributed by atoms with Crippen LogP contribution in [0.25, 0.3) is 17.1 Å². The fraction of sp³-hybridized carbons (Fsp3) is 0.276. The molecule has 3 aromatic carbocycles. The second-order valence-corrected chi connectivity index (χ2v) is 12.7. The van der Waals surface area contributed by atoms with Crippen molar-refractivity contribution in [3.05, 3.63) is 77.9 Å². The van der Waals surface area contributed by atoms with Crippen molar-refractivity contribution in [1.82, 2.24) is 24.0 Å². The minimum atomic E-state index is -3.63. The Morgan fingerprint density at radius 3 is 2.44 bits per heavy atom. The van der Waals surface area contributed by atoms with Crippen LogP contribution in [0.5, 0.6) is 11.5 Å². The number of amides is 1. The summed E-state index contributed by atoms with van der Waals surface area (Å²) in [5, 5.41) is 9.45. The predicted octanol–water partition coefficient (Wildman–Crippen LogP) is 3.91. The van der Waals surface area contributed by atoms with Crippen LogP contribution in [0.15, 0.2) is 76.8 Å². The molecule has 41 heavy (non-hydrogen) atoms. The second-order valence-electron chi connectivity index (χ2n) is 9.89. The maximum absolute atomic E-state index is 13.3. The number of hydrogen-bond acceptors (Lipinski definition) is 8. The maximum atomic E-state index is 13.3. The highest BCUT2D eigenvalue weighted by Crippen LogP contribution is 2.37. The van der Waals surface area contributed by atoms with Gasteiger partial charge < -0.3 is 14.4 Å². The van der Waals surface area contributed by atoms with Crippen LogP contribution in [0.4, 0.5) is 0 Å². The molecule has 6 rings (SSSR count). The van der Waals surface area contributed by atoms with Crippen molar-refractivity contribution in [1.29, 1.82) is 0 Å². The Hall–Kier alpha value is -3.87. The summed E-state index contributed by atoms with van der Waals surface area (Å²) >= 11 is 1.30. The van der Waals surface area contributed by atoms with Gasteiger partial charge in [-0.05, 0) is 61.4 Å². The molecule has 0 spiro atoms. The Morgan fingerprint density at radius 2 is 1.66 bits per heavy atom. The molecule has 0 atom stereocenters. The Labute approximate surface area is 242 Å². The van der Waals surface area contributed by atoms with E-state index in [2.05, 4.69) is 10.2 Å². The van der Waals surface area contributed by atoms with E-state index in [0.717, 1.165) is 16.8 Å². The molecule has 0 aliphatic carbocycles. The van der Waals surface area contributed by atoms with Gasteiger partial charge in [-0.15, -0.1) is 10.2 Å². The highest BCUT2D eigenvalue weighted by atomic mass is 32.2. The van der Waals surface area contributed by atoms with E-state index in [4.69, 9.17) is 9.47 Å². The zero-order valence-corrected chi connectivity index (χ0v) is 24.3. The molecule has 2 aliphatic rings. The number of aromatic nitrogens is 3. The van der Waals surface area contributed by atoms with Crippen molar-refractivity contribution in [2.75, 3.05) is 38.7 Å². The molecule has 212 valence electrons. The molecule has 2 aliphatic heterocycles. The standard InChI is InChI=1S/C29H29N5O5S2/c1-20-8-9-21(2)26(16-20)41(36,37)33-14-12-32(13-15-33)27(35)18-40-29-31-30-28(34(29)23-6-4-3-5-7-23)22-10-11-24-25(17-22)39-19-38-24/h3-11,16-17H,12-15,18-19H2,1-2H3. The molecule has 0 saturated carbocycles. The number of aryl methyl sites for hydroxylation is 2. The number of carbonyl (C=O) groups is 1. The van der Waals surface area contributed by atoms with Gasteiger partial charge in [0, 0.05) is 37.4 Å². The smallest absolute Gasteiger partial charge is 0.243 e. The molecule has 1 fully saturated rings. The lowest BCUT2D eigenvalue weighted by Crippen LogP contribution is -2.51. The fourth-order valence-corrected chi connectivity index (χ4v) is 7.50. The van der Waals surface area contributed by atoms with E-state index in [1.807, 2.05) is 72.2 Å². The van der Waals surface area contributed by atoms with Gasteiger partial charge in [0.15, 0.2) is 22.5 Å². The van der Waals surface area contributed by atoms with Gasteiger partial charge >= 0.3 is 0 Å². The first-order valence-corrected chi connectivity index (χ1v) is 15.6. The summed E-state index contributed by atoms with van der Waals surface area (Å²) in [6.45, 7) is 5.02. The third kappa shape index (κ3) is 5.42. The number of nitrogens with zero attached hydrogens (tertiary/aromatic N) is 5. The average molecular weight is 592 g/mol. The van der Waals surface area contributed by atoms with Gasteiger partial charge in [-0.3, -0.25) is 9.36 Å². The van der Waals surface area contributed by atoms with Gasteiger partial charge in [-0.2, -0.15) is 4.31 Å². The minimum absolute atomic E-state index is 0.0778. The Bertz CT molecular complexity index is 1700. The number of fused-ring (bicyclic) bond motifs is 1. The van der Waals surface area contributed by atoms with E-state index >= 15 is 0 Å². The number of para-hydroxylation sites is 1. The van der Waals surface area contributed by atoms with E-state index in [1.165, 1.54) is 16.1 Å². The molecule has 1 saturated heterocycles. The zero-order chi connectivity index (χ0) is 28.6. The van der Waals surface area contributed by atoms with Crippen molar-refractivity contribution in [2.45, 2.75) is 23.9 Å². The van der Waals surface area contributed by atoms with Crippen LogP contribution in [0.1, 0.15) is 11.1 Å². The quantitative estimate of drug-likeness (QED) is 0.298. The maximum Gasteiger partial charge on any atom is 0.243 e. The lowest BCUT2D eigenvalue weighted by Gasteiger charge is -2.34. The molecular formula is C29H29N5O5S2. The van der Waals surface area contributed by atoms with Crippen molar-refractivity contribution < 1.29 is 22.7 Å². The summed E-state index contributed by atoms with van der Waals surface area (Å²) in [4.78, 5) is 15.2. The molecule has 0 N–H and O–H groups in total. The van der Waals surface area contributed by atoms with Crippen LogP contribution in [0.3, 0.4) is 0 Å². The Morgan fingerprint density at radius 1 is 0.902 bits per heavy atom. The number of hydrogen-bond donors (Lipinski definition) is 0. The summed E-state index contributed by atoms with van der Waals surface area (Å²) in [6, 6.07) is 20.8. The summed E-state index contributed by atoms with van der Waals surface area (Å²) in [6.07, 6.45) is 0. The molecule has 0 radical (unpaired) electrons. The highest BCUT2D eigenvalue weighted by molar-refractivity contribution is 7.99. The SMILES string of the molecule is Cc1ccc(C)c(S(=O)(=O)N2CCN(C(=O)CSc3nnc(-c4ccc5c(c4)OCO5)n3-c3ccccc3)CC2)c1. The first-order chi connectivity index (χ1) is 19.8. The van der Waals surface area contributed by atoms with Crippen LogP contribution < -0.4 is 9.47 Å². The summed E-state index contributed by atoms with van der Waals surface area (Å²) in [7, 11) is -3.63. The van der Waals surface area contributed by atoms with Crippen molar-refractivity contribution in [2.24, 2.45) is 0 Å². The summed E-state index contributed by atoms with van der Waals surface area (Å²) in [5.41, 5.74) is 3.29. The van der Waals surface area contributed by atoms with Gasteiger partial charge in [0.25, 0.3) is 0 Å². The Kier molecular flexibility index (Phi) is 7.45. The van der Waals surface area contributed by atoms with E-state index in [-0.39, 0.29) is 31.5 Å². The highest BCUT2D eigenvalue weighted by Gasteiger charge is 2.31. The van der Waals surface area contributed by atoms with Gasteiger partial charge in [0.05, 0.1) is 10.6 Å². The number of carbonyl (C=O) groups excluding carboxylic acids is 1. The Balaban J connectivity index is 1.16. The normalized spacial score (nSPS) is 15.3. The number of thioether (sulfide) groups is 1. The van der Waals surface area contributed by atoms with Gasteiger partial charge in [0.2, 0.25) is 22.7 Å². The van der Waals surface area contributed by atoms with Crippen LogP contribution in [-0.2, 0) is 14.8 Å². The molecule has 12 heteroatoms. The van der Waals surface area contributed by atoms with Gasteiger partial charge in [-0.25, -0.2) is 8.42 Å². The molecule has 0 unspecified atom stereocenters. The van der Waals surface area contributed by atoms with E-state index in [1.54, 1.807) is 17.9 Å². The lowest BCUT2D eigenvalue weighted by atomic mass is 10.2. The molecule has 1 aromatic heterocycles. The van der Waals surface area contributed by atoms with E-state index in [0.29, 0.717) is 46.0 Å². The number of benzene rings is 3. The third-order valence-electron chi connectivity index (χ3n) is 7.16. The van der Waals surface area contributed by atoms with Crippen LogP contribution in [-0.4, -0.2) is 77.0 Å². The van der Waals surface area contributed by atoms with Gasteiger partial charge in [-0.1, -0.05) is 42.1 Å². The number of piperazine rings is 1. The average Bonchev–Trinajstić information content (AvgIpc) is 3.64. The summed E-state index contributed by atoms with van der Waals surface area (Å²) < 4.78 is 41.0. The first-order valence-electron chi connectivity index (χ1n) is 13.2. The number of rotatable bonds is 7. The van der Waals surface area contributed by atoms with Gasteiger partial charge in [0.1, 0.15) is 0 Å². The largest absolute Gasteiger partial charge is 0.454 e. The number of sulfonamides is 1. The molecule has 1 amide bonds. The molecule has 4 aromatic rings. The number of ether oxygens (including phenoxy) is 2. The molecule has 10 nitrogen and oxygen atoms in total. The fourth-order valence-electron chi connectivity index (χ4n) is 4.92. The van der Waals surface area contributed by atoms with Crippen molar-refractivity contribution in [3.8, 4) is 28.6 Å². The van der Waals surface area contributed by atoms with E-state index < -0.39 is 10.0 Å². The topological polar surface area (TPSA) is 107 Å². The molecule has 3 heterocycles. The van der Waals surface area contributed by atoms with Crippen molar-refractivity contribution in [3.63, 3.8) is 0 Å². The van der Waals surface area contributed by atoms with E-state index in [9.17, 15) is 13.2 Å². The monoisotopic (exact) mass is 591 g/mol. The third-order valence-corrected chi connectivity index (χ3v) is 10.1. The lowest BCUT2D eigenvalue weighted by molar-refractivity contribution is -0.129. The molecular weight excluding hydrogens is 562 g/mol. The van der Waals surface area contributed by atoms with Crippen LogP contribution in [0, 0.1) is 13.8 Å². The summed E-state index contributed by atoms with van der Waals surface area (Å²) in [5.74, 6) is 2.02.